The van der Waals surface area contributed by atoms with Crippen LogP contribution in [0.1, 0.15) is 32.1 Å². The van der Waals surface area contributed by atoms with Crippen molar-refractivity contribution in [3.63, 3.8) is 0 Å². The Morgan fingerprint density at radius 3 is 2.34 bits per heavy atom. The maximum atomic E-state index is 12.3. The van der Waals surface area contributed by atoms with Crippen LogP contribution in [0.3, 0.4) is 0 Å². The van der Waals surface area contributed by atoms with Crippen molar-refractivity contribution >= 4 is 29.3 Å². The van der Waals surface area contributed by atoms with Crippen LogP contribution in [-0.4, -0.2) is 46.9 Å². The van der Waals surface area contributed by atoms with Gasteiger partial charge >= 0.3 is 11.9 Å². The van der Waals surface area contributed by atoms with Gasteiger partial charge in [-0.3, -0.25) is 0 Å². The summed E-state index contributed by atoms with van der Waals surface area (Å²) in [6.07, 6.45) is 0. The second-order valence-electron chi connectivity index (χ2n) is 5.79. The summed E-state index contributed by atoms with van der Waals surface area (Å²) in [5, 5.41) is 17.7. The highest BCUT2D eigenvalue weighted by Crippen LogP contribution is 2.25. The van der Waals surface area contributed by atoms with Gasteiger partial charge in [-0.1, -0.05) is 47.1 Å². The van der Waals surface area contributed by atoms with Crippen molar-refractivity contribution < 1.29 is 24.3 Å². The summed E-state index contributed by atoms with van der Waals surface area (Å²) >= 11 is 6.17. The van der Waals surface area contributed by atoms with E-state index in [1.165, 1.54) is 25.0 Å². The average molecular weight is 414 g/mol. The first-order valence-electron chi connectivity index (χ1n) is 8.34. The molecule has 0 radical (unpaired) electrons. The van der Waals surface area contributed by atoms with Crippen molar-refractivity contribution in [3.8, 4) is 5.69 Å². The Hall–Kier alpha value is -3.65. The van der Waals surface area contributed by atoms with Crippen molar-refractivity contribution in [2.75, 3.05) is 14.2 Å². The number of aromatic nitrogens is 2. The van der Waals surface area contributed by atoms with Crippen molar-refractivity contribution in [1.82, 2.24) is 9.78 Å². The molecule has 1 aromatic heterocycles. The van der Waals surface area contributed by atoms with Crippen LogP contribution in [0.4, 0.5) is 0 Å². The zero-order valence-electron chi connectivity index (χ0n) is 15.5. The van der Waals surface area contributed by atoms with Gasteiger partial charge in [0.25, 0.3) is 0 Å². The van der Waals surface area contributed by atoms with E-state index < -0.39 is 11.9 Å². The standard InChI is InChI=1S/C20H16ClN3O5/c1-28-19(25)15-11-17(20(26)29-2)24(22-15)16-9-8-13(21)10-14(16)18(23-27)12-6-4-3-5-7-12/h3-11,27H,1-2H3. The molecule has 148 valence electrons. The lowest BCUT2D eigenvalue weighted by Crippen LogP contribution is -2.15. The zero-order chi connectivity index (χ0) is 21.0. The second kappa shape index (κ2) is 8.57. The first-order chi connectivity index (χ1) is 14.0. The number of carbonyl (C=O) groups excluding carboxylic acids is 2. The predicted molar refractivity (Wildman–Crippen MR) is 105 cm³/mol. The third-order valence-electron chi connectivity index (χ3n) is 4.09. The van der Waals surface area contributed by atoms with Gasteiger partial charge in [-0.05, 0) is 18.2 Å². The second-order valence-corrected chi connectivity index (χ2v) is 6.22. The van der Waals surface area contributed by atoms with Crippen molar-refractivity contribution in [1.29, 1.82) is 0 Å². The van der Waals surface area contributed by atoms with Gasteiger partial charge < -0.3 is 14.7 Å². The summed E-state index contributed by atoms with van der Waals surface area (Å²) in [5.74, 6) is -1.43. The number of rotatable bonds is 5. The van der Waals surface area contributed by atoms with Gasteiger partial charge in [0.05, 0.1) is 19.9 Å². The number of nitrogens with zero attached hydrogens (tertiary/aromatic N) is 3. The minimum atomic E-state index is -0.719. The maximum Gasteiger partial charge on any atom is 0.358 e. The lowest BCUT2D eigenvalue weighted by molar-refractivity contribution is 0.0585. The van der Waals surface area contributed by atoms with Gasteiger partial charge in [-0.2, -0.15) is 5.10 Å². The molecule has 1 heterocycles. The first kappa shape index (κ1) is 20.1. The highest BCUT2D eigenvalue weighted by Gasteiger charge is 2.24. The molecule has 0 aliphatic heterocycles. The van der Waals surface area contributed by atoms with Crippen LogP contribution in [0.5, 0.6) is 0 Å². The average Bonchev–Trinajstić information content (AvgIpc) is 3.19. The molecule has 0 aliphatic carbocycles. The van der Waals surface area contributed by atoms with Crippen LogP contribution in [0, 0.1) is 0 Å². The van der Waals surface area contributed by atoms with Gasteiger partial charge in [0.2, 0.25) is 0 Å². The Bertz CT molecular complexity index is 1090. The van der Waals surface area contributed by atoms with Gasteiger partial charge in [0.1, 0.15) is 5.71 Å². The number of ether oxygens (including phenoxy) is 2. The highest BCUT2D eigenvalue weighted by molar-refractivity contribution is 6.31. The highest BCUT2D eigenvalue weighted by atomic mass is 35.5. The van der Waals surface area contributed by atoms with Crippen molar-refractivity contribution in [3.05, 3.63) is 82.1 Å². The number of methoxy groups -OCH3 is 2. The van der Waals surface area contributed by atoms with E-state index in [0.717, 1.165) is 0 Å². The molecule has 0 spiro atoms. The molecule has 0 amide bonds. The van der Waals surface area contributed by atoms with E-state index >= 15 is 0 Å². The van der Waals surface area contributed by atoms with Gasteiger partial charge in [0.15, 0.2) is 11.4 Å². The molecule has 8 nitrogen and oxygen atoms in total. The molecule has 0 unspecified atom stereocenters. The van der Waals surface area contributed by atoms with Crippen LogP contribution < -0.4 is 0 Å². The summed E-state index contributed by atoms with van der Waals surface area (Å²) in [4.78, 5) is 24.2. The number of benzene rings is 2. The fraction of sp³-hybridized carbons (Fsp3) is 0.100. The number of esters is 2. The van der Waals surface area contributed by atoms with E-state index in [1.54, 1.807) is 42.5 Å². The number of oxime groups is 1. The Morgan fingerprint density at radius 1 is 1.03 bits per heavy atom. The number of carbonyl (C=O) groups is 2. The van der Waals surface area contributed by atoms with E-state index in [0.29, 0.717) is 21.8 Å². The number of hydrogen-bond donors (Lipinski definition) is 1. The molecule has 0 saturated heterocycles. The zero-order valence-corrected chi connectivity index (χ0v) is 16.3. The normalized spacial score (nSPS) is 11.2. The van der Waals surface area contributed by atoms with Gasteiger partial charge in [-0.15, -0.1) is 0 Å². The lowest BCUT2D eigenvalue weighted by atomic mass is 10.0. The molecule has 0 aliphatic rings. The molecule has 0 bridgehead atoms. The summed E-state index contributed by atoms with van der Waals surface area (Å²) < 4.78 is 10.7. The molecule has 0 fully saturated rings. The summed E-state index contributed by atoms with van der Waals surface area (Å²) in [5.41, 5.74) is 1.45. The lowest BCUT2D eigenvalue weighted by Gasteiger charge is -2.13. The minimum absolute atomic E-state index is 0.0122. The molecule has 9 heteroatoms. The molecule has 3 aromatic rings. The predicted octanol–water partition coefficient (Wildman–Crippen LogP) is 3.33. The molecule has 3 rings (SSSR count). The van der Waals surface area contributed by atoms with Crippen LogP contribution >= 0.6 is 11.6 Å². The number of hydrogen-bond acceptors (Lipinski definition) is 7. The van der Waals surface area contributed by atoms with E-state index in [2.05, 4.69) is 15.0 Å². The van der Waals surface area contributed by atoms with E-state index in [9.17, 15) is 14.8 Å². The van der Waals surface area contributed by atoms with Crippen molar-refractivity contribution in [2.45, 2.75) is 0 Å². The van der Waals surface area contributed by atoms with Gasteiger partial charge in [0, 0.05) is 22.2 Å². The Morgan fingerprint density at radius 2 is 1.72 bits per heavy atom. The molecule has 29 heavy (non-hydrogen) atoms. The molecular formula is C20H16ClN3O5. The summed E-state index contributed by atoms with van der Waals surface area (Å²) in [7, 11) is 2.42. The fourth-order valence-corrected chi connectivity index (χ4v) is 2.94. The van der Waals surface area contributed by atoms with E-state index in [4.69, 9.17) is 16.3 Å². The van der Waals surface area contributed by atoms with Crippen LogP contribution in [0.15, 0.2) is 59.8 Å². The Labute approximate surface area is 170 Å². The van der Waals surface area contributed by atoms with Crippen molar-refractivity contribution in [2.24, 2.45) is 5.16 Å². The van der Waals surface area contributed by atoms with Crippen LogP contribution in [-0.2, 0) is 9.47 Å². The molecular weight excluding hydrogens is 398 g/mol. The van der Waals surface area contributed by atoms with Crippen LogP contribution in [0.25, 0.3) is 5.69 Å². The first-order valence-corrected chi connectivity index (χ1v) is 8.72. The quantitative estimate of drug-likeness (QED) is 0.298. The third kappa shape index (κ3) is 3.97. The van der Waals surface area contributed by atoms with E-state index in [-0.39, 0.29) is 17.1 Å². The molecule has 2 aromatic carbocycles. The largest absolute Gasteiger partial charge is 0.464 e. The monoisotopic (exact) mass is 413 g/mol. The molecule has 1 N–H and O–H groups in total. The molecule has 0 atom stereocenters. The van der Waals surface area contributed by atoms with Crippen LogP contribution in [0.2, 0.25) is 5.02 Å². The number of halogens is 1. The summed E-state index contributed by atoms with van der Waals surface area (Å²) in [6, 6.07) is 14.9. The minimum Gasteiger partial charge on any atom is -0.464 e. The van der Waals surface area contributed by atoms with E-state index in [1.807, 2.05) is 6.07 Å². The van der Waals surface area contributed by atoms with Gasteiger partial charge in [-0.25, -0.2) is 14.3 Å². The molecule has 0 saturated carbocycles. The maximum absolute atomic E-state index is 12.3. The SMILES string of the molecule is COC(=O)c1cc(C(=O)OC)n(-c2ccc(Cl)cc2C(=NO)c2ccccc2)n1. The summed E-state index contributed by atoms with van der Waals surface area (Å²) in [6.45, 7) is 0. The fourth-order valence-electron chi connectivity index (χ4n) is 2.76. The third-order valence-corrected chi connectivity index (χ3v) is 4.32. The Kier molecular flexibility index (Phi) is 5.94. The Balaban J connectivity index is 2.26. The smallest absolute Gasteiger partial charge is 0.358 e. The topological polar surface area (TPSA) is 103 Å².